The molecule has 0 fully saturated rings. The Labute approximate surface area is 235 Å². The lowest BCUT2D eigenvalue weighted by Crippen LogP contribution is -2.38. The zero-order valence-electron chi connectivity index (χ0n) is 24.9. The molecule has 0 saturated carbocycles. The van der Waals surface area contributed by atoms with Crippen LogP contribution in [-0.4, -0.2) is 59.0 Å². The summed E-state index contributed by atoms with van der Waals surface area (Å²) in [6.45, 7) is 16.9. The lowest BCUT2D eigenvalue weighted by atomic mass is 9.87. The maximum absolute atomic E-state index is 12.4. The smallest absolute Gasteiger partial charge is 0.480 e. The average molecular weight is 570 g/mol. The first kappa shape index (κ1) is 34.5. The number of ether oxygens (including phenoxy) is 6. The molecule has 0 saturated heterocycles. The average Bonchev–Trinajstić information content (AvgIpc) is 2.75. The van der Waals surface area contributed by atoms with Gasteiger partial charge in [0.1, 0.15) is 29.5 Å². The van der Waals surface area contributed by atoms with E-state index in [4.69, 9.17) is 34.2 Å². The monoisotopic (exact) mass is 569 g/mol. The van der Waals surface area contributed by atoms with Crippen LogP contribution in [0, 0.1) is 5.92 Å². The number of carbonyl (C=O) groups is 4. The molecule has 12 heteroatoms. The van der Waals surface area contributed by atoms with E-state index in [1.807, 2.05) is 13.8 Å². The van der Waals surface area contributed by atoms with Crippen molar-refractivity contribution in [3.63, 3.8) is 0 Å². The van der Waals surface area contributed by atoms with Crippen molar-refractivity contribution < 1.29 is 52.7 Å². The molecule has 1 aromatic rings. The van der Waals surface area contributed by atoms with Gasteiger partial charge in [0.15, 0.2) is 11.5 Å². The van der Waals surface area contributed by atoms with E-state index >= 15 is 0 Å². The van der Waals surface area contributed by atoms with E-state index in [1.54, 1.807) is 55.4 Å². The van der Waals surface area contributed by atoms with E-state index in [1.165, 1.54) is 18.2 Å². The molecule has 12 nitrogen and oxygen atoms in total. The lowest BCUT2D eigenvalue weighted by molar-refractivity contribution is -0.139. The second-order valence-corrected chi connectivity index (χ2v) is 11.8. The second-order valence-electron chi connectivity index (χ2n) is 11.8. The first-order valence-electron chi connectivity index (χ1n) is 13.0. The molecule has 0 aromatic heterocycles. The van der Waals surface area contributed by atoms with E-state index < -0.39 is 53.7 Å². The van der Waals surface area contributed by atoms with E-state index in [-0.39, 0.29) is 29.9 Å². The minimum absolute atomic E-state index is 0.0171. The molecule has 226 valence electrons. The highest BCUT2D eigenvalue weighted by atomic mass is 16.8. The Morgan fingerprint density at radius 1 is 0.800 bits per heavy atom. The summed E-state index contributed by atoms with van der Waals surface area (Å²) in [7, 11) is 0. The number of rotatable bonds is 10. The molecule has 0 aliphatic carbocycles. The van der Waals surface area contributed by atoms with E-state index in [2.05, 4.69) is 0 Å². The normalized spacial score (nSPS) is 14.8. The van der Waals surface area contributed by atoms with Crippen LogP contribution in [0.1, 0.15) is 87.1 Å². The maximum atomic E-state index is 12.4. The van der Waals surface area contributed by atoms with E-state index in [9.17, 15) is 24.3 Å². The van der Waals surface area contributed by atoms with Gasteiger partial charge >= 0.3 is 24.4 Å². The summed E-state index contributed by atoms with van der Waals surface area (Å²) >= 11 is 0. The van der Waals surface area contributed by atoms with Crippen LogP contribution in [0.25, 0.3) is 0 Å². The molecule has 3 unspecified atom stereocenters. The predicted octanol–water partition coefficient (Wildman–Crippen LogP) is 5.79. The number of carboxylic acid groups (broad SMARTS) is 1. The summed E-state index contributed by atoms with van der Waals surface area (Å²) in [5.74, 6) is -2.57. The number of benzene rings is 1. The number of aliphatic carboxylic acids is 1. The van der Waals surface area contributed by atoms with Crippen LogP contribution in [-0.2, 0) is 23.7 Å². The molecule has 4 atom stereocenters. The highest BCUT2D eigenvalue weighted by molar-refractivity contribution is 5.75. The fourth-order valence-corrected chi connectivity index (χ4v) is 3.19. The molecular formula is C28H43NO11. The number of carbonyl (C=O) groups excluding carboxylic acids is 3. The summed E-state index contributed by atoms with van der Waals surface area (Å²) in [6.07, 6.45) is -4.24. The van der Waals surface area contributed by atoms with Gasteiger partial charge in [0.05, 0.1) is 0 Å². The molecule has 1 aromatic carbocycles. The summed E-state index contributed by atoms with van der Waals surface area (Å²) < 4.78 is 31.5. The molecule has 0 aliphatic heterocycles. The highest BCUT2D eigenvalue weighted by Gasteiger charge is 2.31. The van der Waals surface area contributed by atoms with Gasteiger partial charge in [0.25, 0.3) is 0 Å². The number of hydrogen-bond donors (Lipinski definition) is 2. The third-order valence-electron chi connectivity index (χ3n) is 5.38. The topological polar surface area (TPSA) is 170 Å². The van der Waals surface area contributed by atoms with Gasteiger partial charge in [-0.15, -0.1) is 0 Å². The largest absolute Gasteiger partial charge is 0.514 e. The van der Waals surface area contributed by atoms with E-state index in [0.717, 1.165) is 0 Å². The molecule has 1 rings (SSSR count). The van der Waals surface area contributed by atoms with Crippen molar-refractivity contribution in [3.05, 3.63) is 23.8 Å². The third-order valence-corrected chi connectivity index (χ3v) is 5.38. The van der Waals surface area contributed by atoms with E-state index in [0.29, 0.717) is 5.56 Å². The predicted molar refractivity (Wildman–Crippen MR) is 144 cm³/mol. The summed E-state index contributed by atoms with van der Waals surface area (Å²) in [5.41, 5.74) is 4.58. The first-order chi connectivity index (χ1) is 18.2. The quantitative estimate of drug-likeness (QED) is 0.198. The van der Waals surface area contributed by atoms with Crippen LogP contribution < -0.4 is 15.2 Å². The summed E-state index contributed by atoms with van der Waals surface area (Å²) in [6, 6.07) is 2.65. The zero-order chi connectivity index (χ0) is 31.0. The van der Waals surface area contributed by atoms with Gasteiger partial charge in [-0.2, -0.15) is 0 Å². The van der Waals surface area contributed by atoms with Crippen molar-refractivity contribution in [2.75, 3.05) is 0 Å². The summed E-state index contributed by atoms with van der Waals surface area (Å²) in [5, 5.41) is 9.66. The Morgan fingerprint density at radius 2 is 1.30 bits per heavy atom. The van der Waals surface area contributed by atoms with Crippen LogP contribution in [0.15, 0.2) is 18.2 Å². The fourth-order valence-electron chi connectivity index (χ4n) is 3.19. The van der Waals surface area contributed by atoms with Gasteiger partial charge < -0.3 is 39.3 Å². The number of carboxylic acids is 1. The minimum atomic E-state index is -1.43. The van der Waals surface area contributed by atoms with Crippen LogP contribution in [0.4, 0.5) is 14.4 Å². The van der Waals surface area contributed by atoms with Crippen LogP contribution in [0.2, 0.25) is 0 Å². The fraction of sp³-hybridized carbons (Fsp3) is 0.643. The Balaban J connectivity index is 3.36. The Hall–Kier alpha value is -3.54. The Bertz CT molecular complexity index is 1040. The van der Waals surface area contributed by atoms with Crippen molar-refractivity contribution in [1.29, 1.82) is 0 Å². The van der Waals surface area contributed by atoms with Gasteiger partial charge in [-0.3, -0.25) is 4.79 Å². The Morgan fingerprint density at radius 3 is 1.75 bits per heavy atom. The zero-order valence-corrected chi connectivity index (χ0v) is 24.9. The molecule has 3 N–H and O–H groups in total. The highest BCUT2D eigenvalue weighted by Crippen LogP contribution is 2.35. The van der Waals surface area contributed by atoms with Crippen LogP contribution in [0.5, 0.6) is 11.5 Å². The van der Waals surface area contributed by atoms with Crippen LogP contribution >= 0.6 is 0 Å². The van der Waals surface area contributed by atoms with Crippen molar-refractivity contribution >= 4 is 24.4 Å². The third kappa shape index (κ3) is 12.5. The van der Waals surface area contributed by atoms with Crippen molar-refractivity contribution in [1.82, 2.24) is 0 Å². The Kier molecular flexibility index (Phi) is 12.2. The minimum Gasteiger partial charge on any atom is -0.480 e. The van der Waals surface area contributed by atoms with Gasteiger partial charge in [-0.25, -0.2) is 14.4 Å². The molecule has 0 radical (unpaired) electrons. The van der Waals surface area contributed by atoms with Crippen LogP contribution in [0.3, 0.4) is 0 Å². The molecule has 0 aliphatic rings. The second kappa shape index (κ2) is 14.2. The van der Waals surface area contributed by atoms with Gasteiger partial charge in [0, 0.05) is 5.92 Å². The van der Waals surface area contributed by atoms with Crippen molar-refractivity contribution in [2.45, 2.75) is 111 Å². The first-order valence-corrected chi connectivity index (χ1v) is 13.0. The molecule has 0 bridgehead atoms. The molecule has 40 heavy (non-hydrogen) atoms. The SMILES string of the molecule is CC(CC(c1ccc(OC(=O)OC(C)(C)C)c(OC(=O)OC(C)(C)C)c1)[C@H](N)C(=O)O)OC(=O)OC(C)C(C)C. The number of nitrogens with two attached hydrogens (primary N) is 1. The number of hydrogen-bond acceptors (Lipinski definition) is 11. The maximum Gasteiger partial charge on any atom is 0.514 e. The van der Waals surface area contributed by atoms with Crippen molar-refractivity contribution in [2.24, 2.45) is 11.7 Å². The van der Waals surface area contributed by atoms with Gasteiger partial charge in [-0.1, -0.05) is 19.9 Å². The van der Waals surface area contributed by atoms with Gasteiger partial charge in [-0.05, 0) is 85.4 Å². The standard InChI is InChI=1S/C28H43NO11/c1-15(2)17(4)36-24(32)35-16(3)13-19(22(29)23(30)31)18-11-12-20(37-25(33)39-27(5,6)7)21(14-18)38-26(34)40-28(8,9)10/h11-12,14-17,19,22H,13,29H2,1-10H3,(H,30,31)/t16?,17?,19?,22-/m0/s1. The van der Waals surface area contributed by atoms with Gasteiger partial charge in [0.2, 0.25) is 0 Å². The van der Waals surface area contributed by atoms with Crippen molar-refractivity contribution in [3.8, 4) is 11.5 Å². The molecular weight excluding hydrogens is 526 g/mol. The summed E-state index contributed by atoms with van der Waals surface area (Å²) in [4.78, 5) is 48.8. The molecule has 0 spiro atoms. The lowest BCUT2D eigenvalue weighted by Gasteiger charge is -2.26. The molecule has 0 amide bonds. The molecule has 0 heterocycles.